The van der Waals surface area contributed by atoms with Gasteiger partial charge in [-0.1, -0.05) is 41.4 Å². The molecular weight excluding hydrogens is 403 g/mol. The zero-order valence-corrected chi connectivity index (χ0v) is 15.8. The second-order valence-corrected chi connectivity index (χ2v) is 6.92. The van der Waals surface area contributed by atoms with Crippen LogP contribution in [0.3, 0.4) is 0 Å². The maximum atomic E-state index is 13.0. The van der Waals surface area contributed by atoms with Gasteiger partial charge in [-0.3, -0.25) is 19.9 Å². The number of primary amides is 1. The topological polar surface area (TPSA) is 125 Å². The fraction of sp³-hybridized carbons (Fsp3) is 0.111. The summed E-state index contributed by atoms with van der Waals surface area (Å²) in [6, 6.07) is 12.0. The van der Waals surface area contributed by atoms with E-state index in [1.165, 1.54) is 0 Å². The molecule has 5 N–H and O–H groups in total. The van der Waals surface area contributed by atoms with Gasteiger partial charge in [-0.05, 0) is 24.3 Å². The van der Waals surface area contributed by atoms with Crippen LogP contribution in [0.4, 0.5) is 5.69 Å². The van der Waals surface area contributed by atoms with Crippen molar-refractivity contribution in [3.63, 3.8) is 0 Å². The van der Waals surface area contributed by atoms with Gasteiger partial charge in [0, 0.05) is 0 Å². The van der Waals surface area contributed by atoms with Gasteiger partial charge < -0.3 is 16.0 Å². The normalized spacial score (nSPS) is 18.9. The number of hydrogen-bond acceptors (Lipinski definition) is 5. The number of H-pyrrole nitrogens is 1. The molecule has 0 aliphatic carbocycles. The van der Waals surface area contributed by atoms with Crippen molar-refractivity contribution in [2.24, 2.45) is 10.7 Å². The highest BCUT2D eigenvalue weighted by Gasteiger charge is 2.52. The summed E-state index contributed by atoms with van der Waals surface area (Å²) in [5.74, 6) is -1.31. The number of aliphatic imine (C=N–C) groups is 1. The fourth-order valence-electron chi connectivity index (χ4n) is 3.12. The number of para-hydroxylation sites is 3. The molecular formula is C18H14Cl2N6O2. The van der Waals surface area contributed by atoms with Crippen LogP contribution in [0.25, 0.3) is 11.0 Å². The van der Waals surface area contributed by atoms with E-state index in [4.69, 9.17) is 28.9 Å². The van der Waals surface area contributed by atoms with Crippen LogP contribution in [0.2, 0.25) is 10.0 Å². The average Bonchev–Trinajstić information content (AvgIpc) is 3.29. The predicted molar refractivity (Wildman–Crippen MR) is 107 cm³/mol. The number of aromatic amines is 1. The molecule has 28 heavy (non-hydrogen) atoms. The number of carbonyl (C=O) groups excluding carboxylic acids is 2. The van der Waals surface area contributed by atoms with Crippen molar-refractivity contribution in [2.75, 3.05) is 12.0 Å². The molecule has 1 atom stereocenters. The lowest BCUT2D eigenvalue weighted by atomic mass is 9.91. The molecule has 1 aliphatic heterocycles. The summed E-state index contributed by atoms with van der Waals surface area (Å²) >= 11 is 12.2. The summed E-state index contributed by atoms with van der Waals surface area (Å²) < 4.78 is 0. The molecule has 0 saturated carbocycles. The van der Waals surface area contributed by atoms with Gasteiger partial charge in [0.2, 0.25) is 5.54 Å². The van der Waals surface area contributed by atoms with Crippen LogP contribution in [-0.4, -0.2) is 34.2 Å². The Morgan fingerprint density at radius 1 is 1.11 bits per heavy atom. The van der Waals surface area contributed by atoms with Crippen molar-refractivity contribution < 1.29 is 9.59 Å². The molecule has 2 heterocycles. The summed E-state index contributed by atoms with van der Waals surface area (Å²) in [6.07, 6.45) is 0. The van der Waals surface area contributed by atoms with Gasteiger partial charge in [-0.15, -0.1) is 0 Å². The van der Waals surface area contributed by atoms with Crippen molar-refractivity contribution in [1.29, 1.82) is 0 Å². The molecule has 1 aliphatic rings. The number of carbonyl (C=O) groups is 2. The molecule has 2 amide bonds. The molecule has 142 valence electrons. The number of imidazole rings is 1. The summed E-state index contributed by atoms with van der Waals surface area (Å²) in [6.45, 7) is 0.0129. The summed E-state index contributed by atoms with van der Waals surface area (Å²) in [4.78, 5) is 37.1. The molecule has 2 aromatic carbocycles. The Labute approximate surface area is 169 Å². The lowest BCUT2D eigenvalue weighted by Gasteiger charge is -2.25. The average molecular weight is 417 g/mol. The van der Waals surface area contributed by atoms with Crippen molar-refractivity contribution in [1.82, 2.24) is 15.3 Å². The molecule has 0 spiro atoms. The Morgan fingerprint density at radius 3 is 2.50 bits per heavy atom. The van der Waals surface area contributed by atoms with Crippen LogP contribution < -0.4 is 16.4 Å². The molecule has 0 saturated heterocycles. The van der Waals surface area contributed by atoms with Gasteiger partial charge in [-0.25, -0.2) is 4.98 Å². The minimum absolute atomic E-state index is 0.0129. The van der Waals surface area contributed by atoms with E-state index in [0.717, 1.165) is 0 Å². The lowest BCUT2D eigenvalue weighted by Crippen LogP contribution is -2.58. The largest absolute Gasteiger partial charge is 0.367 e. The van der Waals surface area contributed by atoms with Crippen molar-refractivity contribution in [2.45, 2.75) is 5.54 Å². The van der Waals surface area contributed by atoms with E-state index in [9.17, 15) is 9.59 Å². The van der Waals surface area contributed by atoms with Gasteiger partial charge in [0.15, 0.2) is 0 Å². The molecule has 8 nitrogen and oxygen atoms in total. The van der Waals surface area contributed by atoms with Crippen LogP contribution in [0, 0.1) is 0 Å². The Kier molecular flexibility index (Phi) is 4.54. The van der Waals surface area contributed by atoms with E-state index in [1.54, 1.807) is 30.3 Å². The molecule has 0 fully saturated rings. The SMILES string of the molecule is NC(=O)C1(c2nc3ccccc3[nH]2)NCN=C1C(=O)Nc1c(Cl)cccc1Cl. The lowest BCUT2D eigenvalue weighted by molar-refractivity contribution is -0.123. The van der Waals surface area contributed by atoms with Gasteiger partial charge in [0.25, 0.3) is 11.8 Å². The number of hydrogen-bond donors (Lipinski definition) is 4. The second kappa shape index (κ2) is 6.90. The minimum atomic E-state index is -1.71. The standard InChI is InChI=1S/C18H14Cl2N6O2/c19-9-4-3-5-10(20)13(9)26-15(27)14-18(16(21)28,23-8-22-14)17-24-11-6-1-2-7-12(11)25-17/h1-7,23H,8H2,(H2,21,28)(H,24,25)(H,26,27). The van der Waals surface area contributed by atoms with Gasteiger partial charge >= 0.3 is 0 Å². The molecule has 1 aromatic heterocycles. The predicted octanol–water partition coefficient (Wildman–Crippen LogP) is 2.19. The number of halogens is 2. The molecule has 0 radical (unpaired) electrons. The van der Waals surface area contributed by atoms with E-state index in [-0.39, 0.29) is 33.9 Å². The first-order chi connectivity index (χ1) is 13.4. The highest BCUT2D eigenvalue weighted by Crippen LogP contribution is 2.32. The number of rotatable bonds is 4. The summed E-state index contributed by atoms with van der Waals surface area (Å²) in [7, 11) is 0. The summed E-state index contributed by atoms with van der Waals surface area (Å²) in [5, 5.41) is 6.01. The van der Waals surface area contributed by atoms with E-state index in [0.29, 0.717) is 11.0 Å². The first-order valence-electron chi connectivity index (χ1n) is 8.24. The molecule has 3 aromatic rings. The molecule has 1 unspecified atom stereocenters. The number of nitrogens with zero attached hydrogens (tertiary/aromatic N) is 2. The van der Waals surface area contributed by atoms with E-state index < -0.39 is 17.4 Å². The van der Waals surface area contributed by atoms with Crippen molar-refractivity contribution in [3.05, 3.63) is 58.3 Å². The Hall–Kier alpha value is -2.94. The van der Waals surface area contributed by atoms with Gasteiger partial charge in [-0.2, -0.15) is 0 Å². The third kappa shape index (κ3) is 2.82. The zero-order valence-electron chi connectivity index (χ0n) is 14.3. The van der Waals surface area contributed by atoms with Crippen LogP contribution in [0.5, 0.6) is 0 Å². The number of aromatic nitrogens is 2. The number of fused-ring (bicyclic) bond motifs is 1. The van der Waals surface area contributed by atoms with Gasteiger partial charge in [0.05, 0.1) is 33.4 Å². The monoisotopic (exact) mass is 416 g/mol. The van der Waals surface area contributed by atoms with Gasteiger partial charge in [0.1, 0.15) is 11.5 Å². The van der Waals surface area contributed by atoms with Crippen LogP contribution >= 0.6 is 23.2 Å². The van der Waals surface area contributed by atoms with Crippen LogP contribution in [0.15, 0.2) is 47.5 Å². The summed E-state index contributed by atoms with van der Waals surface area (Å²) in [5.41, 5.74) is 5.39. The number of amides is 2. The third-order valence-electron chi connectivity index (χ3n) is 4.47. The van der Waals surface area contributed by atoms with Crippen LogP contribution in [0.1, 0.15) is 5.82 Å². The number of benzene rings is 2. The van der Waals surface area contributed by atoms with E-state index in [2.05, 4.69) is 25.6 Å². The van der Waals surface area contributed by atoms with Crippen molar-refractivity contribution >= 4 is 57.4 Å². The molecule has 4 rings (SSSR count). The van der Waals surface area contributed by atoms with Crippen LogP contribution in [-0.2, 0) is 15.1 Å². The zero-order chi connectivity index (χ0) is 19.9. The first-order valence-corrected chi connectivity index (χ1v) is 8.99. The Bertz CT molecular complexity index is 1090. The second-order valence-electron chi connectivity index (χ2n) is 6.11. The fourth-order valence-corrected chi connectivity index (χ4v) is 3.61. The van der Waals surface area contributed by atoms with E-state index in [1.807, 2.05) is 12.1 Å². The maximum Gasteiger partial charge on any atom is 0.272 e. The smallest absolute Gasteiger partial charge is 0.272 e. The molecule has 10 heteroatoms. The third-order valence-corrected chi connectivity index (χ3v) is 5.10. The maximum absolute atomic E-state index is 13.0. The quantitative estimate of drug-likeness (QED) is 0.519. The minimum Gasteiger partial charge on any atom is -0.367 e. The first kappa shape index (κ1) is 18.4. The highest BCUT2D eigenvalue weighted by molar-refractivity contribution is 6.51. The highest BCUT2D eigenvalue weighted by atomic mass is 35.5. The van der Waals surface area contributed by atoms with Crippen molar-refractivity contribution in [3.8, 4) is 0 Å². The number of anilines is 1. The van der Waals surface area contributed by atoms with E-state index >= 15 is 0 Å². The number of nitrogens with two attached hydrogens (primary N) is 1. The molecule has 0 bridgehead atoms. The Morgan fingerprint density at radius 2 is 1.82 bits per heavy atom. The number of nitrogens with one attached hydrogen (secondary N) is 3. The Balaban J connectivity index is 1.77.